The second kappa shape index (κ2) is 4.90. The SMILES string of the molecule is CNCCN1CCSc2cccc(C)c21. The van der Waals surface area contributed by atoms with Gasteiger partial charge in [-0.1, -0.05) is 12.1 Å². The molecule has 0 fully saturated rings. The molecule has 1 aromatic rings. The third-order valence-electron chi connectivity index (χ3n) is 2.77. The van der Waals surface area contributed by atoms with Crippen LogP contribution in [0.2, 0.25) is 0 Å². The van der Waals surface area contributed by atoms with E-state index in [0.29, 0.717) is 0 Å². The monoisotopic (exact) mass is 222 g/mol. The smallest absolute Gasteiger partial charge is 0.0534 e. The van der Waals surface area contributed by atoms with Gasteiger partial charge in [0.15, 0.2) is 0 Å². The molecule has 0 bridgehead atoms. The van der Waals surface area contributed by atoms with Gasteiger partial charge in [0.25, 0.3) is 0 Å². The van der Waals surface area contributed by atoms with Crippen LogP contribution < -0.4 is 10.2 Å². The number of fused-ring (bicyclic) bond motifs is 1. The van der Waals surface area contributed by atoms with Gasteiger partial charge in [0, 0.05) is 30.3 Å². The maximum absolute atomic E-state index is 3.22. The molecule has 0 spiro atoms. The number of thioether (sulfide) groups is 1. The fraction of sp³-hybridized carbons (Fsp3) is 0.500. The third-order valence-corrected chi connectivity index (χ3v) is 3.79. The summed E-state index contributed by atoms with van der Waals surface area (Å²) in [4.78, 5) is 3.94. The van der Waals surface area contributed by atoms with Crippen LogP contribution >= 0.6 is 11.8 Å². The predicted molar refractivity (Wildman–Crippen MR) is 68.0 cm³/mol. The molecular formula is C12H18N2S. The van der Waals surface area contributed by atoms with Gasteiger partial charge in [-0.15, -0.1) is 11.8 Å². The Morgan fingerprint density at radius 1 is 1.47 bits per heavy atom. The van der Waals surface area contributed by atoms with Crippen LogP contribution in [0.3, 0.4) is 0 Å². The van der Waals surface area contributed by atoms with Crippen LogP contribution in [0.4, 0.5) is 5.69 Å². The van der Waals surface area contributed by atoms with Crippen molar-refractivity contribution in [1.29, 1.82) is 0 Å². The first kappa shape index (κ1) is 10.8. The summed E-state index contributed by atoms with van der Waals surface area (Å²) in [7, 11) is 2.01. The zero-order valence-corrected chi connectivity index (χ0v) is 10.2. The van der Waals surface area contributed by atoms with E-state index in [1.165, 1.54) is 28.4 Å². The zero-order valence-electron chi connectivity index (χ0n) is 9.42. The molecule has 0 radical (unpaired) electrons. The molecule has 0 aliphatic carbocycles. The average molecular weight is 222 g/mol. The molecule has 1 N–H and O–H groups in total. The highest BCUT2D eigenvalue weighted by Gasteiger charge is 2.18. The molecule has 2 rings (SSSR count). The molecule has 1 aliphatic heterocycles. The maximum atomic E-state index is 3.22. The lowest BCUT2D eigenvalue weighted by atomic mass is 10.1. The van der Waals surface area contributed by atoms with E-state index in [1.807, 2.05) is 18.8 Å². The largest absolute Gasteiger partial charge is 0.368 e. The summed E-state index contributed by atoms with van der Waals surface area (Å²) in [6, 6.07) is 6.60. The second-order valence-corrected chi connectivity index (χ2v) is 5.00. The molecule has 1 aromatic carbocycles. The number of hydrogen-bond acceptors (Lipinski definition) is 3. The molecule has 82 valence electrons. The summed E-state index contributed by atoms with van der Waals surface area (Å²) in [6.07, 6.45) is 0. The van der Waals surface area contributed by atoms with E-state index >= 15 is 0 Å². The number of aryl methyl sites for hydroxylation is 1. The first-order valence-electron chi connectivity index (χ1n) is 5.45. The summed E-state index contributed by atoms with van der Waals surface area (Å²) >= 11 is 1.98. The Morgan fingerprint density at radius 3 is 3.13 bits per heavy atom. The molecule has 3 heteroatoms. The molecule has 1 aliphatic rings. The Balaban J connectivity index is 2.24. The van der Waals surface area contributed by atoms with Crippen molar-refractivity contribution in [3.05, 3.63) is 23.8 Å². The fourth-order valence-electron chi connectivity index (χ4n) is 2.00. The standard InChI is InChI=1S/C12H18N2S/c1-10-4-3-5-11-12(10)14(7-6-13-2)8-9-15-11/h3-5,13H,6-9H2,1-2H3. The first-order chi connectivity index (χ1) is 7.33. The molecule has 0 amide bonds. The lowest BCUT2D eigenvalue weighted by molar-refractivity contribution is 0.729. The highest BCUT2D eigenvalue weighted by Crippen LogP contribution is 2.36. The van der Waals surface area contributed by atoms with E-state index in [1.54, 1.807) is 0 Å². The van der Waals surface area contributed by atoms with Crippen LogP contribution in [-0.2, 0) is 0 Å². The number of nitrogens with zero attached hydrogens (tertiary/aromatic N) is 1. The molecule has 0 saturated carbocycles. The van der Waals surface area contributed by atoms with Gasteiger partial charge in [-0.2, -0.15) is 0 Å². The minimum atomic E-state index is 1.05. The molecule has 0 unspecified atom stereocenters. The van der Waals surface area contributed by atoms with Crippen molar-refractivity contribution in [3.63, 3.8) is 0 Å². The summed E-state index contributed by atoms with van der Waals surface area (Å²) in [6.45, 7) is 5.54. The van der Waals surface area contributed by atoms with Crippen molar-refractivity contribution in [2.24, 2.45) is 0 Å². The van der Waals surface area contributed by atoms with Crippen LogP contribution in [0.1, 0.15) is 5.56 Å². The number of hydrogen-bond donors (Lipinski definition) is 1. The lowest BCUT2D eigenvalue weighted by Gasteiger charge is -2.32. The van der Waals surface area contributed by atoms with Gasteiger partial charge in [0.1, 0.15) is 0 Å². The second-order valence-electron chi connectivity index (χ2n) is 3.86. The van der Waals surface area contributed by atoms with Gasteiger partial charge < -0.3 is 10.2 Å². The summed E-state index contributed by atoms with van der Waals surface area (Å²) < 4.78 is 0. The predicted octanol–water partition coefficient (Wildman–Crippen LogP) is 2.13. The van der Waals surface area contributed by atoms with E-state index in [0.717, 1.165) is 13.1 Å². The van der Waals surface area contributed by atoms with Crippen molar-refractivity contribution in [2.45, 2.75) is 11.8 Å². The quantitative estimate of drug-likeness (QED) is 0.843. The Hall–Kier alpha value is -0.670. The maximum Gasteiger partial charge on any atom is 0.0534 e. The minimum Gasteiger partial charge on any atom is -0.368 e. The van der Waals surface area contributed by atoms with Crippen LogP contribution in [0, 0.1) is 6.92 Å². The highest BCUT2D eigenvalue weighted by molar-refractivity contribution is 7.99. The third kappa shape index (κ3) is 2.29. The highest BCUT2D eigenvalue weighted by atomic mass is 32.2. The molecule has 0 saturated heterocycles. The van der Waals surface area contributed by atoms with Crippen molar-refractivity contribution >= 4 is 17.4 Å². The van der Waals surface area contributed by atoms with Gasteiger partial charge in [-0.3, -0.25) is 0 Å². The van der Waals surface area contributed by atoms with Gasteiger partial charge in [0.05, 0.1) is 5.69 Å². The first-order valence-corrected chi connectivity index (χ1v) is 6.43. The van der Waals surface area contributed by atoms with E-state index in [-0.39, 0.29) is 0 Å². The van der Waals surface area contributed by atoms with Crippen LogP contribution in [0.5, 0.6) is 0 Å². The zero-order chi connectivity index (χ0) is 10.7. The minimum absolute atomic E-state index is 1.05. The van der Waals surface area contributed by atoms with Crippen molar-refractivity contribution in [2.75, 3.05) is 37.3 Å². The van der Waals surface area contributed by atoms with Crippen LogP contribution in [0.15, 0.2) is 23.1 Å². The number of benzene rings is 1. The number of para-hydroxylation sites is 1. The summed E-state index contributed by atoms with van der Waals surface area (Å²) in [5, 5.41) is 3.22. The topological polar surface area (TPSA) is 15.3 Å². The Labute approximate surface area is 96.0 Å². The number of anilines is 1. The number of rotatable bonds is 3. The van der Waals surface area contributed by atoms with Crippen molar-refractivity contribution < 1.29 is 0 Å². The average Bonchev–Trinajstić information content (AvgIpc) is 2.26. The Kier molecular flexibility index (Phi) is 3.54. The summed E-state index contributed by atoms with van der Waals surface area (Å²) in [5.41, 5.74) is 2.85. The molecule has 0 aromatic heterocycles. The molecular weight excluding hydrogens is 204 g/mol. The Morgan fingerprint density at radius 2 is 2.33 bits per heavy atom. The Bertz CT molecular complexity index is 338. The number of nitrogens with one attached hydrogen (secondary N) is 1. The van der Waals surface area contributed by atoms with E-state index in [4.69, 9.17) is 0 Å². The van der Waals surface area contributed by atoms with Crippen LogP contribution in [0.25, 0.3) is 0 Å². The van der Waals surface area contributed by atoms with E-state index in [2.05, 4.69) is 35.3 Å². The van der Waals surface area contributed by atoms with Crippen molar-refractivity contribution in [3.8, 4) is 0 Å². The van der Waals surface area contributed by atoms with Gasteiger partial charge in [-0.25, -0.2) is 0 Å². The van der Waals surface area contributed by atoms with E-state index in [9.17, 15) is 0 Å². The van der Waals surface area contributed by atoms with Crippen LogP contribution in [-0.4, -0.2) is 32.4 Å². The van der Waals surface area contributed by atoms with Crippen molar-refractivity contribution in [1.82, 2.24) is 5.32 Å². The van der Waals surface area contributed by atoms with E-state index < -0.39 is 0 Å². The molecule has 2 nitrogen and oxygen atoms in total. The van der Waals surface area contributed by atoms with Gasteiger partial charge >= 0.3 is 0 Å². The van der Waals surface area contributed by atoms with Gasteiger partial charge in [-0.05, 0) is 25.6 Å². The molecule has 1 heterocycles. The molecule has 0 atom stereocenters. The normalized spacial score (nSPS) is 15.2. The number of likely N-dealkylation sites (N-methyl/N-ethyl adjacent to an activating group) is 1. The summed E-state index contributed by atoms with van der Waals surface area (Å²) in [5.74, 6) is 1.21. The lowest BCUT2D eigenvalue weighted by Crippen LogP contribution is -2.35. The fourth-order valence-corrected chi connectivity index (χ4v) is 3.13. The van der Waals surface area contributed by atoms with Gasteiger partial charge in [0.2, 0.25) is 0 Å². The molecule has 15 heavy (non-hydrogen) atoms.